The van der Waals surface area contributed by atoms with E-state index in [-0.39, 0.29) is 17.4 Å². The Morgan fingerprint density at radius 3 is 2.74 bits per heavy atom. The van der Waals surface area contributed by atoms with Crippen molar-refractivity contribution in [3.63, 3.8) is 0 Å². The van der Waals surface area contributed by atoms with Crippen molar-refractivity contribution in [2.24, 2.45) is 7.05 Å². The van der Waals surface area contributed by atoms with Crippen LogP contribution in [0.25, 0.3) is 22.4 Å². The van der Waals surface area contributed by atoms with E-state index in [1.165, 1.54) is 5.56 Å². The number of rotatable bonds is 9. The number of hydrogen-bond acceptors (Lipinski definition) is 7. The maximum absolute atomic E-state index is 13.4. The van der Waals surface area contributed by atoms with Crippen LogP contribution in [0.1, 0.15) is 47.9 Å². The SMILES string of the molecule is CCCc1nn(C)c2c(=O)[nH]c(-c3cc(C(=O)CN4CCNC(c5ccccc5)C4)ccc3OCC)nc12. The second-order valence-electron chi connectivity index (χ2n) is 9.65. The summed E-state index contributed by atoms with van der Waals surface area (Å²) in [5.41, 5.74) is 3.90. The third-order valence-corrected chi connectivity index (χ3v) is 6.93. The molecule has 1 aliphatic heterocycles. The Morgan fingerprint density at radius 1 is 1.16 bits per heavy atom. The molecule has 9 nitrogen and oxygen atoms in total. The van der Waals surface area contributed by atoms with E-state index in [4.69, 9.17) is 9.72 Å². The fourth-order valence-corrected chi connectivity index (χ4v) is 5.11. The molecule has 2 aromatic carbocycles. The van der Waals surface area contributed by atoms with Gasteiger partial charge in [-0.1, -0.05) is 43.7 Å². The van der Waals surface area contributed by atoms with Crippen LogP contribution < -0.4 is 15.6 Å². The number of fused-ring (bicyclic) bond motifs is 1. The number of H-pyrrole nitrogens is 1. The summed E-state index contributed by atoms with van der Waals surface area (Å²) < 4.78 is 7.44. The predicted molar refractivity (Wildman–Crippen MR) is 148 cm³/mol. The molecular formula is C29H34N6O3. The largest absolute Gasteiger partial charge is 0.493 e. The quantitative estimate of drug-likeness (QED) is 0.329. The van der Waals surface area contributed by atoms with Crippen LogP contribution in [-0.4, -0.2) is 63.2 Å². The average molecular weight is 515 g/mol. The highest BCUT2D eigenvalue weighted by Gasteiger charge is 2.24. The van der Waals surface area contributed by atoms with Crippen LogP contribution in [-0.2, 0) is 13.5 Å². The molecule has 0 spiro atoms. The normalized spacial score (nSPS) is 16.1. The number of ether oxygens (including phenoxy) is 1. The Balaban J connectivity index is 1.45. The number of carbonyl (C=O) groups is 1. The van der Waals surface area contributed by atoms with Gasteiger partial charge in [-0.2, -0.15) is 5.10 Å². The number of piperazine rings is 1. The first-order valence-electron chi connectivity index (χ1n) is 13.3. The van der Waals surface area contributed by atoms with Crippen molar-refractivity contribution in [2.45, 2.75) is 32.7 Å². The Kier molecular flexibility index (Phi) is 7.67. The smallest absolute Gasteiger partial charge is 0.277 e. The lowest BCUT2D eigenvalue weighted by atomic mass is 10.0. The van der Waals surface area contributed by atoms with Gasteiger partial charge in [-0.25, -0.2) is 4.98 Å². The van der Waals surface area contributed by atoms with E-state index >= 15 is 0 Å². The van der Waals surface area contributed by atoms with Gasteiger partial charge in [0.1, 0.15) is 17.1 Å². The molecule has 4 aromatic rings. The average Bonchev–Trinajstić information content (AvgIpc) is 3.25. The van der Waals surface area contributed by atoms with Crippen LogP contribution in [0.15, 0.2) is 53.3 Å². The molecule has 1 atom stereocenters. The third kappa shape index (κ3) is 5.25. The molecule has 9 heteroatoms. The lowest BCUT2D eigenvalue weighted by Crippen LogP contribution is -2.47. The number of nitrogens with one attached hydrogen (secondary N) is 2. The second kappa shape index (κ2) is 11.3. The first-order chi connectivity index (χ1) is 18.5. The highest BCUT2D eigenvalue weighted by molar-refractivity contribution is 5.99. The summed E-state index contributed by atoms with van der Waals surface area (Å²) in [5, 5.41) is 8.06. The molecule has 1 unspecified atom stereocenters. The Morgan fingerprint density at radius 2 is 1.97 bits per heavy atom. The van der Waals surface area contributed by atoms with Crippen molar-refractivity contribution in [1.82, 2.24) is 30.0 Å². The molecular weight excluding hydrogens is 480 g/mol. The highest BCUT2D eigenvalue weighted by atomic mass is 16.5. The lowest BCUT2D eigenvalue weighted by molar-refractivity contribution is 0.0904. The molecule has 5 rings (SSSR count). The molecule has 0 saturated carbocycles. The molecule has 0 radical (unpaired) electrons. The van der Waals surface area contributed by atoms with E-state index in [1.54, 1.807) is 29.9 Å². The number of aryl methyl sites for hydroxylation is 2. The minimum atomic E-state index is -0.269. The van der Waals surface area contributed by atoms with Crippen LogP contribution >= 0.6 is 0 Å². The van der Waals surface area contributed by atoms with Gasteiger partial charge in [-0.15, -0.1) is 0 Å². The van der Waals surface area contributed by atoms with Gasteiger partial charge in [0.15, 0.2) is 11.3 Å². The Bertz CT molecular complexity index is 1490. The summed E-state index contributed by atoms with van der Waals surface area (Å²) in [6.07, 6.45) is 1.61. The van der Waals surface area contributed by atoms with E-state index in [0.29, 0.717) is 46.9 Å². The van der Waals surface area contributed by atoms with Crippen molar-refractivity contribution in [3.05, 3.63) is 75.7 Å². The van der Waals surface area contributed by atoms with Gasteiger partial charge in [0.2, 0.25) is 0 Å². The molecule has 0 amide bonds. The van der Waals surface area contributed by atoms with Gasteiger partial charge in [0, 0.05) is 38.3 Å². The van der Waals surface area contributed by atoms with E-state index in [0.717, 1.165) is 38.2 Å². The molecule has 3 heterocycles. The van der Waals surface area contributed by atoms with Crippen LogP contribution in [0.5, 0.6) is 5.75 Å². The van der Waals surface area contributed by atoms with Crippen LogP contribution in [0.4, 0.5) is 0 Å². The first-order valence-corrected chi connectivity index (χ1v) is 13.3. The monoisotopic (exact) mass is 514 g/mol. The fraction of sp³-hybridized carbons (Fsp3) is 0.379. The number of ketones is 1. The summed E-state index contributed by atoms with van der Waals surface area (Å²) in [6, 6.07) is 15.9. The minimum Gasteiger partial charge on any atom is -0.493 e. The topological polar surface area (TPSA) is 105 Å². The van der Waals surface area contributed by atoms with E-state index in [1.807, 2.05) is 25.1 Å². The number of hydrogen-bond donors (Lipinski definition) is 2. The van der Waals surface area contributed by atoms with Crippen LogP contribution in [0.3, 0.4) is 0 Å². The molecule has 2 aromatic heterocycles. The second-order valence-corrected chi connectivity index (χ2v) is 9.65. The molecule has 1 saturated heterocycles. The minimum absolute atomic E-state index is 0.0134. The van der Waals surface area contributed by atoms with Crippen LogP contribution in [0.2, 0.25) is 0 Å². The highest BCUT2D eigenvalue weighted by Crippen LogP contribution is 2.30. The van der Waals surface area contributed by atoms with Gasteiger partial charge in [-0.05, 0) is 37.1 Å². The van der Waals surface area contributed by atoms with Crippen molar-refractivity contribution in [3.8, 4) is 17.1 Å². The summed E-state index contributed by atoms with van der Waals surface area (Å²) in [7, 11) is 1.75. The first kappa shape index (κ1) is 25.8. The van der Waals surface area contributed by atoms with Crippen molar-refractivity contribution in [2.75, 3.05) is 32.8 Å². The molecule has 2 N–H and O–H groups in total. The van der Waals surface area contributed by atoms with Gasteiger partial charge in [0.05, 0.1) is 24.4 Å². The van der Waals surface area contributed by atoms with E-state index < -0.39 is 0 Å². The van der Waals surface area contributed by atoms with Gasteiger partial charge in [0.25, 0.3) is 5.56 Å². The molecule has 38 heavy (non-hydrogen) atoms. The number of aromatic nitrogens is 4. The van der Waals surface area contributed by atoms with Gasteiger partial charge >= 0.3 is 0 Å². The van der Waals surface area contributed by atoms with Crippen LogP contribution in [0, 0.1) is 0 Å². The molecule has 0 aliphatic carbocycles. The Labute approximate surface area is 221 Å². The summed E-state index contributed by atoms with van der Waals surface area (Å²) in [6.45, 7) is 7.09. The molecule has 0 bridgehead atoms. The summed E-state index contributed by atoms with van der Waals surface area (Å²) >= 11 is 0. The van der Waals surface area contributed by atoms with E-state index in [9.17, 15) is 9.59 Å². The molecule has 1 aliphatic rings. The fourth-order valence-electron chi connectivity index (χ4n) is 5.11. The maximum atomic E-state index is 13.4. The molecule has 1 fully saturated rings. The van der Waals surface area contributed by atoms with Crippen molar-refractivity contribution >= 4 is 16.8 Å². The zero-order valence-electron chi connectivity index (χ0n) is 22.2. The van der Waals surface area contributed by atoms with Gasteiger partial charge < -0.3 is 15.0 Å². The Hall–Kier alpha value is -3.82. The maximum Gasteiger partial charge on any atom is 0.277 e. The third-order valence-electron chi connectivity index (χ3n) is 6.93. The molecule has 198 valence electrons. The zero-order chi connectivity index (χ0) is 26.6. The van der Waals surface area contributed by atoms with E-state index in [2.05, 4.69) is 39.4 Å². The predicted octanol–water partition coefficient (Wildman–Crippen LogP) is 3.50. The van der Waals surface area contributed by atoms with Crippen molar-refractivity contribution < 1.29 is 9.53 Å². The standard InChI is InChI=1S/C29H34N6O3/c1-4-9-22-26-27(34(3)33-22)29(37)32-28(31-26)21-16-20(12-13-25(21)38-5-2)24(36)18-35-15-14-30-23(17-35)19-10-7-6-8-11-19/h6-8,10-13,16,23,30H,4-5,9,14-15,17-18H2,1-3H3,(H,31,32,37). The number of Topliss-reactive ketones (excluding diaryl/α,β-unsaturated/α-hetero) is 1. The number of carbonyl (C=O) groups excluding carboxylic acids is 1. The van der Waals surface area contributed by atoms with Gasteiger partial charge in [-0.3, -0.25) is 19.2 Å². The summed E-state index contributed by atoms with van der Waals surface area (Å²) in [4.78, 5) is 36.3. The summed E-state index contributed by atoms with van der Waals surface area (Å²) in [5.74, 6) is 0.954. The van der Waals surface area contributed by atoms with Crippen molar-refractivity contribution in [1.29, 1.82) is 0 Å². The number of aromatic amines is 1. The number of nitrogens with zero attached hydrogens (tertiary/aromatic N) is 4. The zero-order valence-corrected chi connectivity index (χ0v) is 22.2. The number of benzene rings is 2. The lowest BCUT2D eigenvalue weighted by Gasteiger charge is -2.33.